The summed E-state index contributed by atoms with van der Waals surface area (Å²) in [5.41, 5.74) is 15.2. The Labute approximate surface area is 98.2 Å². The molecule has 0 spiro atoms. The molecule has 0 heterocycles. The Morgan fingerprint density at radius 1 is 1.25 bits per heavy atom. The van der Waals surface area contributed by atoms with Crippen LogP contribution in [0.5, 0.6) is 0 Å². The standard InChI is InChI=1S/C13H23N3/c1-10-3-4-12(7-11(10)2)5-6-16-9-13(15)8-14/h3-4,7,13,16H,5-6,8-9,14-15H2,1-2H3. The van der Waals surface area contributed by atoms with Crippen LogP contribution in [-0.4, -0.2) is 25.7 Å². The zero-order valence-corrected chi connectivity index (χ0v) is 10.3. The lowest BCUT2D eigenvalue weighted by atomic mass is 10.0. The van der Waals surface area contributed by atoms with Crippen molar-refractivity contribution >= 4 is 0 Å². The SMILES string of the molecule is Cc1ccc(CCNCC(N)CN)cc1C. The average molecular weight is 221 g/mol. The Kier molecular flexibility index (Phi) is 5.46. The van der Waals surface area contributed by atoms with Crippen molar-refractivity contribution in [2.45, 2.75) is 26.3 Å². The fraction of sp³-hybridized carbons (Fsp3) is 0.538. The first-order valence-corrected chi connectivity index (χ1v) is 5.86. The van der Waals surface area contributed by atoms with Crippen LogP contribution in [0.25, 0.3) is 0 Å². The van der Waals surface area contributed by atoms with E-state index in [1.165, 1.54) is 16.7 Å². The van der Waals surface area contributed by atoms with Crippen LogP contribution in [0, 0.1) is 13.8 Å². The van der Waals surface area contributed by atoms with Crippen molar-refractivity contribution in [3.05, 3.63) is 34.9 Å². The second kappa shape index (κ2) is 6.63. The summed E-state index contributed by atoms with van der Waals surface area (Å²) < 4.78 is 0. The Balaban J connectivity index is 2.29. The molecule has 0 saturated carbocycles. The number of hydrogen-bond donors (Lipinski definition) is 3. The minimum absolute atomic E-state index is 0.0692. The summed E-state index contributed by atoms with van der Waals surface area (Å²) >= 11 is 0. The van der Waals surface area contributed by atoms with Gasteiger partial charge in [0.15, 0.2) is 0 Å². The first-order chi connectivity index (χ1) is 7.63. The van der Waals surface area contributed by atoms with Crippen molar-refractivity contribution < 1.29 is 0 Å². The van der Waals surface area contributed by atoms with Gasteiger partial charge >= 0.3 is 0 Å². The van der Waals surface area contributed by atoms with Gasteiger partial charge in [-0.05, 0) is 43.5 Å². The van der Waals surface area contributed by atoms with E-state index >= 15 is 0 Å². The number of hydrogen-bond acceptors (Lipinski definition) is 3. The van der Waals surface area contributed by atoms with Crippen molar-refractivity contribution in [1.82, 2.24) is 5.32 Å². The third kappa shape index (κ3) is 4.31. The number of nitrogens with two attached hydrogens (primary N) is 2. The fourth-order valence-corrected chi connectivity index (χ4v) is 1.56. The van der Waals surface area contributed by atoms with E-state index in [0.717, 1.165) is 19.5 Å². The molecule has 1 unspecified atom stereocenters. The summed E-state index contributed by atoms with van der Waals surface area (Å²) in [6.07, 6.45) is 1.04. The zero-order valence-electron chi connectivity index (χ0n) is 10.3. The van der Waals surface area contributed by atoms with Gasteiger partial charge in [0, 0.05) is 19.1 Å². The van der Waals surface area contributed by atoms with Crippen molar-refractivity contribution in [1.29, 1.82) is 0 Å². The van der Waals surface area contributed by atoms with E-state index < -0.39 is 0 Å². The van der Waals surface area contributed by atoms with Gasteiger partial charge in [0.05, 0.1) is 0 Å². The highest BCUT2D eigenvalue weighted by Crippen LogP contribution is 2.09. The normalized spacial score (nSPS) is 12.8. The lowest BCUT2D eigenvalue weighted by molar-refractivity contribution is 0.583. The van der Waals surface area contributed by atoms with Crippen LogP contribution in [0.2, 0.25) is 0 Å². The molecule has 0 amide bonds. The van der Waals surface area contributed by atoms with E-state index in [2.05, 4.69) is 37.4 Å². The van der Waals surface area contributed by atoms with E-state index in [4.69, 9.17) is 11.5 Å². The zero-order chi connectivity index (χ0) is 12.0. The molecule has 0 aliphatic heterocycles. The van der Waals surface area contributed by atoms with E-state index in [9.17, 15) is 0 Å². The molecule has 0 aromatic heterocycles. The van der Waals surface area contributed by atoms with Crippen molar-refractivity contribution in [3.63, 3.8) is 0 Å². The Hall–Kier alpha value is -0.900. The molecule has 0 radical (unpaired) electrons. The topological polar surface area (TPSA) is 64.1 Å². The van der Waals surface area contributed by atoms with E-state index in [0.29, 0.717) is 6.54 Å². The molecule has 16 heavy (non-hydrogen) atoms. The van der Waals surface area contributed by atoms with Gasteiger partial charge in [0.2, 0.25) is 0 Å². The third-order valence-electron chi connectivity index (χ3n) is 2.87. The number of rotatable bonds is 6. The highest BCUT2D eigenvalue weighted by atomic mass is 14.9. The van der Waals surface area contributed by atoms with Crippen LogP contribution in [0.15, 0.2) is 18.2 Å². The number of benzene rings is 1. The van der Waals surface area contributed by atoms with Gasteiger partial charge in [0.1, 0.15) is 0 Å². The fourth-order valence-electron chi connectivity index (χ4n) is 1.56. The third-order valence-corrected chi connectivity index (χ3v) is 2.87. The predicted molar refractivity (Wildman–Crippen MR) is 69.5 cm³/mol. The van der Waals surface area contributed by atoms with Crippen LogP contribution in [0.4, 0.5) is 0 Å². The van der Waals surface area contributed by atoms with Crippen molar-refractivity contribution in [3.8, 4) is 0 Å². The Morgan fingerprint density at radius 2 is 2.00 bits per heavy atom. The minimum atomic E-state index is 0.0692. The lowest BCUT2D eigenvalue weighted by Gasteiger charge is -2.10. The molecule has 1 rings (SSSR count). The molecular formula is C13H23N3. The molecule has 3 heteroatoms. The Morgan fingerprint density at radius 3 is 2.62 bits per heavy atom. The minimum Gasteiger partial charge on any atom is -0.329 e. The Bertz CT molecular complexity index is 323. The summed E-state index contributed by atoms with van der Waals surface area (Å²) in [6.45, 7) is 6.57. The van der Waals surface area contributed by atoms with E-state index in [1.54, 1.807) is 0 Å². The van der Waals surface area contributed by atoms with Gasteiger partial charge in [0.25, 0.3) is 0 Å². The molecule has 1 atom stereocenters. The number of aryl methyl sites for hydroxylation is 2. The van der Waals surface area contributed by atoms with Crippen LogP contribution >= 0.6 is 0 Å². The number of nitrogens with one attached hydrogen (secondary N) is 1. The van der Waals surface area contributed by atoms with Crippen molar-refractivity contribution in [2.24, 2.45) is 11.5 Å². The van der Waals surface area contributed by atoms with Gasteiger partial charge < -0.3 is 16.8 Å². The summed E-state index contributed by atoms with van der Waals surface area (Å²) in [6, 6.07) is 6.68. The maximum absolute atomic E-state index is 5.71. The average Bonchev–Trinajstić information content (AvgIpc) is 2.28. The molecule has 0 fully saturated rings. The van der Waals surface area contributed by atoms with Crippen LogP contribution < -0.4 is 16.8 Å². The monoisotopic (exact) mass is 221 g/mol. The molecule has 0 saturated heterocycles. The van der Waals surface area contributed by atoms with Crippen molar-refractivity contribution in [2.75, 3.05) is 19.6 Å². The highest BCUT2D eigenvalue weighted by molar-refractivity contribution is 5.29. The van der Waals surface area contributed by atoms with E-state index in [-0.39, 0.29) is 6.04 Å². The molecule has 5 N–H and O–H groups in total. The highest BCUT2D eigenvalue weighted by Gasteiger charge is 1.99. The summed E-state index contributed by atoms with van der Waals surface area (Å²) in [5, 5.41) is 3.31. The molecular weight excluding hydrogens is 198 g/mol. The smallest absolute Gasteiger partial charge is 0.0290 e. The molecule has 0 aliphatic carbocycles. The summed E-state index contributed by atoms with van der Waals surface area (Å²) in [7, 11) is 0. The maximum atomic E-state index is 5.71. The molecule has 0 aliphatic rings. The van der Waals surface area contributed by atoms with Gasteiger partial charge in [-0.15, -0.1) is 0 Å². The second-order valence-corrected chi connectivity index (χ2v) is 4.37. The first-order valence-electron chi connectivity index (χ1n) is 5.86. The summed E-state index contributed by atoms with van der Waals surface area (Å²) in [5.74, 6) is 0. The molecule has 0 bridgehead atoms. The molecule has 1 aromatic carbocycles. The lowest BCUT2D eigenvalue weighted by Crippen LogP contribution is -2.40. The second-order valence-electron chi connectivity index (χ2n) is 4.37. The molecule has 3 nitrogen and oxygen atoms in total. The van der Waals surface area contributed by atoms with Gasteiger partial charge in [-0.25, -0.2) is 0 Å². The summed E-state index contributed by atoms with van der Waals surface area (Å²) in [4.78, 5) is 0. The first kappa shape index (κ1) is 13.2. The van der Waals surface area contributed by atoms with Gasteiger partial charge in [-0.2, -0.15) is 0 Å². The predicted octanol–water partition coefficient (Wildman–Crippen LogP) is 0.722. The van der Waals surface area contributed by atoms with E-state index in [1.807, 2.05) is 0 Å². The van der Waals surface area contributed by atoms with Crippen LogP contribution in [0.3, 0.4) is 0 Å². The maximum Gasteiger partial charge on any atom is 0.0290 e. The van der Waals surface area contributed by atoms with Gasteiger partial charge in [-0.1, -0.05) is 18.2 Å². The largest absolute Gasteiger partial charge is 0.329 e. The van der Waals surface area contributed by atoms with Crippen LogP contribution in [0.1, 0.15) is 16.7 Å². The van der Waals surface area contributed by atoms with Crippen LogP contribution in [-0.2, 0) is 6.42 Å². The molecule has 1 aromatic rings. The molecule has 90 valence electrons. The quantitative estimate of drug-likeness (QED) is 0.620. The van der Waals surface area contributed by atoms with Gasteiger partial charge in [-0.3, -0.25) is 0 Å².